The van der Waals surface area contributed by atoms with Crippen molar-refractivity contribution in [2.24, 2.45) is 5.73 Å². The third-order valence-corrected chi connectivity index (χ3v) is 5.04. The van der Waals surface area contributed by atoms with E-state index in [2.05, 4.69) is 0 Å². The van der Waals surface area contributed by atoms with E-state index in [9.17, 15) is 28.1 Å². The maximum atomic E-state index is 12.5. The molecule has 3 N–H and O–H groups in total. The number of primary amides is 1. The van der Waals surface area contributed by atoms with Gasteiger partial charge in [-0.2, -0.15) is 0 Å². The van der Waals surface area contributed by atoms with Crippen LogP contribution in [0.3, 0.4) is 0 Å². The summed E-state index contributed by atoms with van der Waals surface area (Å²) in [5.74, 6) is -2.26. The Morgan fingerprint density at radius 3 is 2.10 bits per heavy atom. The standard InChI is InChI=1S/C18H19N3O9S/c1-28-14-7-12(8-15(29-2)17(14)30-9-16(19)22)18(23)20-31(26,27)10-11-3-5-13(6-4-11)21(24)25/h3-8H,9-10H2,1-2H3,(H2,19,22)(H,20,23). The summed E-state index contributed by atoms with van der Waals surface area (Å²) in [7, 11) is -1.58. The lowest BCUT2D eigenvalue weighted by Gasteiger charge is -2.15. The summed E-state index contributed by atoms with van der Waals surface area (Å²) >= 11 is 0. The Morgan fingerprint density at radius 2 is 1.65 bits per heavy atom. The lowest BCUT2D eigenvalue weighted by molar-refractivity contribution is -0.384. The third kappa shape index (κ3) is 6.30. The molecule has 2 rings (SSSR count). The van der Waals surface area contributed by atoms with Crippen molar-refractivity contribution in [3.8, 4) is 17.2 Å². The number of methoxy groups -OCH3 is 2. The Kier molecular flexibility index (Phi) is 7.37. The van der Waals surface area contributed by atoms with E-state index in [1.807, 2.05) is 4.72 Å². The number of nitro groups is 1. The molecule has 0 aromatic heterocycles. The van der Waals surface area contributed by atoms with Crippen LogP contribution in [-0.4, -0.2) is 46.0 Å². The van der Waals surface area contributed by atoms with Gasteiger partial charge in [0.05, 0.1) is 24.9 Å². The molecule has 0 unspecified atom stereocenters. The van der Waals surface area contributed by atoms with Crippen LogP contribution in [0, 0.1) is 10.1 Å². The molecule has 31 heavy (non-hydrogen) atoms. The van der Waals surface area contributed by atoms with E-state index in [0.29, 0.717) is 0 Å². The molecule has 0 heterocycles. The second-order valence-corrected chi connectivity index (χ2v) is 7.80. The Balaban J connectivity index is 2.23. The van der Waals surface area contributed by atoms with Gasteiger partial charge in [0.25, 0.3) is 17.5 Å². The van der Waals surface area contributed by atoms with Gasteiger partial charge in [-0.3, -0.25) is 19.7 Å². The summed E-state index contributed by atoms with van der Waals surface area (Å²) in [4.78, 5) is 33.5. The van der Waals surface area contributed by atoms with Crippen LogP contribution >= 0.6 is 0 Å². The van der Waals surface area contributed by atoms with E-state index in [0.717, 1.165) is 12.1 Å². The summed E-state index contributed by atoms with van der Waals surface area (Å²) in [5, 5.41) is 10.7. The van der Waals surface area contributed by atoms with E-state index in [1.165, 1.54) is 38.5 Å². The highest BCUT2D eigenvalue weighted by Crippen LogP contribution is 2.38. The number of nitrogens with one attached hydrogen (secondary N) is 1. The van der Waals surface area contributed by atoms with Crippen LogP contribution in [0.1, 0.15) is 15.9 Å². The van der Waals surface area contributed by atoms with Gasteiger partial charge in [0, 0.05) is 17.7 Å². The number of benzene rings is 2. The number of amides is 2. The first-order chi connectivity index (χ1) is 14.6. The van der Waals surface area contributed by atoms with Crippen molar-refractivity contribution in [3.05, 3.63) is 57.6 Å². The molecular weight excluding hydrogens is 434 g/mol. The van der Waals surface area contributed by atoms with Gasteiger partial charge in [-0.25, -0.2) is 13.1 Å². The molecule has 0 bridgehead atoms. The summed E-state index contributed by atoms with van der Waals surface area (Å²) in [5.41, 5.74) is 4.98. The topological polar surface area (TPSA) is 177 Å². The van der Waals surface area contributed by atoms with E-state index in [-0.39, 0.29) is 34.1 Å². The molecule has 166 valence electrons. The zero-order valence-corrected chi connectivity index (χ0v) is 17.3. The average molecular weight is 453 g/mol. The highest BCUT2D eigenvalue weighted by atomic mass is 32.2. The number of sulfonamides is 1. The van der Waals surface area contributed by atoms with Crippen molar-refractivity contribution in [1.29, 1.82) is 0 Å². The van der Waals surface area contributed by atoms with Gasteiger partial charge in [-0.05, 0) is 17.7 Å². The molecule has 0 saturated carbocycles. The normalized spacial score (nSPS) is 10.8. The minimum Gasteiger partial charge on any atom is -0.493 e. The number of nitro benzene ring substituents is 1. The van der Waals surface area contributed by atoms with Crippen molar-refractivity contribution in [2.75, 3.05) is 20.8 Å². The van der Waals surface area contributed by atoms with Crippen LogP contribution in [0.5, 0.6) is 17.2 Å². The van der Waals surface area contributed by atoms with Crippen molar-refractivity contribution in [1.82, 2.24) is 4.72 Å². The van der Waals surface area contributed by atoms with Crippen molar-refractivity contribution in [3.63, 3.8) is 0 Å². The minimum absolute atomic E-state index is 0.00841. The maximum Gasteiger partial charge on any atom is 0.269 e. The number of nitrogens with two attached hydrogens (primary N) is 1. The molecule has 0 spiro atoms. The van der Waals surface area contributed by atoms with E-state index < -0.39 is 39.1 Å². The van der Waals surface area contributed by atoms with E-state index in [1.54, 1.807) is 0 Å². The molecule has 0 aliphatic rings. The zero-order chi connectivity index (χ0) is 23.2. The molecule has 0 atom stereocenters. The monoisotopic (exact) mass is 453 g/mol. The van der Waals surface area contributed by atoms with Gasteiger partial charge < -0.3 is 19.9 Å². The molecule has 0 aliphatic carbocycles. The smallest absolute Gasteiger partial charge is 0.269 e. The zero-order valence-electron chi connectivity index (χ0n) is 16.5. The largest absolute Gasteiger partial charge is 0.493 e. The molecule has 12 nitrogen and oxygen atoms in total. The van der Waals surface area contributed by atoms with Gasteiger partial charge in [0.15, 0.2) is 18.1 Å². The number of ether oxygens (including phenoxy) is 3. The summed E-state index contributed by atoms with van der Waals surface area (Å²) < 4.78 is 42.1. The number of nitrogens with zero attached hydrogens (tertiary/aromatic N) is 1. The lowest BCUT2D eigenvalue weighted by Crippen LogP contribution is -2.31. The SMILES string of the molecule is COc1cc(C(=O)NS(=O)(=O)Cc2ccc([N+](=O)[O-])cc2)cc(OC)c1OCC(N)=O. The van der Waals surface area contributed by atoms with Crippen molar-refractivity contribution < 1.29 is 37.1 Å². The van der Waals surface area contributed by atoms with Crippen LogP contribution in [0.15, 0.2) is 36.4 Å². The number of carbonyl (C=O) groups excluding carboxylic acids is 2. The second kappa shape index (κ2) is 9.75. The highest BCUT2D eigenvalue weighted by Gasteiger charge is 2.22. The number of rotatable bonds is 10. The van der Waals surface area contributed by atoms with Crippen LogP contribution in [0.25, 0.3) is 0 Å². The minimum atomic E-state index is -4.13. The molecule has 0 fully saturated rings. The summed E-state index contributed by atoms with van der Waals surface area (Å²) in [6, 6.07) is 7.28. The lowest BCUT2D eigenvalue weighted by atomic mass is 10.1. The van der Waals surface area contributed by atoms with E-state index >= 15 is 0 Å². The Hall–Kier alpha value is -3.87. The fourth-order valence-corrected chi connectivity index (χ4v) is 3.57. The number of carbonyl (C=O) groups is 2. The predicted molar refractivity (Wildman–Crippen MR) is 107 cm³/mol. The van der Waals surface area contributed by atoms with Gasteiger partial charge in [-0.1, -0.05) is 12.1 Å². The fourth-order valence-electron chi connectivity index (χ4n) is 2.47. The first-order valence-electron chi connectivity index (χ1n) is 8.51. The fraction of sp³-hybridized carbons (Fsp3) is 0.222. The average Bonchev–Trinajstić information content (AvgIpc) is 2.71. The first-order valence-corrected chi connectivity index (χ1v) is 10.2. The maximum absolute atomic E-state index is 12.5. The van der Waals surface area contributed by atoms with Crippen molar-refractivity contribution >= 4 is 27.5 Å². The first kappa shape index (κ1) is 23.4. The highest BCUT2D eigenvalue weighted by molar-refractivity contribution is 7.89. The number of non-ortho nitro benzene ring substituents is 1. The third-order valence-electron chi connectivity index (χ3n) is 3.83. The Morgan fingerprint density at radius 1 is 1.10 bits per heavy atom. The van der Waals surface area contributed by atoms with Gasteiger partial charge in [0.2, 0.25) is 15.8 Å². The Bertz CT molecular complexity index is 1070. The summed E-state index contributed by atoms with van der Waals surface area (Å²) in [6.07, 6.45) is 0. The van der Waals surface area contributed by atoms with Crippen LogP contribution < -0.4 is 24.7 Å². The molecule has 0 saturated heterocycles. The number of hydrogen-bond acceptors (Lipinski definition) is 9. The van der Waals surface area contributed by atoms with Crippen molar-refractivity contribution in [2.45, 2.75) is 5.75 Å². The quantitative estimate of drug-likeness (QED) is 0.388. The predicted octanol–water partition coefficient (Wildman–Crippen LogP) is 0.736. The van der Waals surface area contributed by atoms with Gasteiger partial charge >= 0.3 is 0 Å². The summed E-state index contributed by atoms with van der Waals surface area (Å²) in [6.45, 7) is -0.470. The van der Waals surface area contributed by atoms with Crippen LogP contribution in [0.4, 0.5) is 5.69 Å². The molecule has 0 radical (unpaired) electrons. The van der Waals surface area contributed by atoms with Crippen LogP contribution in [0.2, 0.25) is 0 Å². The second-order valence-electron chi connectivity index (χ2n) is 6.08. The molecule has 2 aromatic carbocycles. The van der Waals surface area contributed by atoms with E-state index in [4.69, 9.17) is 19.9 Å². The molecule has 13 heteroatoms. The molecule has 0 aliphatic heterocycles. The van der Waals surface area contributed by atoms with Gasteiger partial charge in [-0.15, -0.1) is 0 Å². The molecular formula is C18H19N3O9S. The van der Waals surface area contributed by atoms with Crippen LogP contribution in [-0.2, 0) is 20.6 Å². The molecule has 2 amide bonds. The molecule has 2 aromatic rings. The number of hydrogen-bond donors (Lipinski definition) is 2. The Labute approximate surface area is 177 Å². The van der Waals surface area contributed by atoms with Gasteiger partial charge in [0.1, 0.15) is 0 Å².